The monoisotopic (exact) mass is 372 g/mol. The Hall–Kier alpha value is -2.57. The molecule has 0 spiro atoms. The highest BCUT2D eigenvalue weighted by Gasteiger charge is 2.41. The molecule has 2 aliphatic rings. The minimum Gasteiger partial charge on any atom is -0.339 e. The zero-order valence-electron chi connectivity index (χ0n) is 15.0. The Labute approximate surface area is 156 Å². The van der Waals surface area contributed by atoms with Crippen LogP contribution in [-0.2, 0) is 4.79 Å². The van der Waals surface area contributed by atoms with Crippen LogP contribution in [0.3, 0.4) is 0 Å². The van der Waals surface area contributed by atoms with E-state index in [2.05, 4.69) is 21.8 Å². The van der Waals surface area contributed by atoms with Gasteiger partial charge in [-0.05, 0) is 36.6 Å². The number of aromatic nitrogens is 3. The number of amides is 1. The van der Waals surface area contributed by atoms with Crippen LogP contribution < -0.4 is 0 Å². The average Bonchev–Trinajstić information content (AvgIpc) is 3.41. The van der Waals surface area contributed by atoms with Crippen LogP contribution in [0.4, 0.5) is 8.78 Å². The molecule has 2 unspecified atom stereocenters. The summed E-state index contributed by atoms with van der Waals surface area (Å²) in [7, 11) is 0. The van der Waals surface area contributed by atoms with E-state index in [1.807, 2.05) is 12.1 Å². The standard InChI is InChI=1S/C20H22F2N4O/c1-2-19(27)26-8-5-14(12-26)16-11-23-18(13-3-6-20(21,22)10-13)9-15(16)17-4-7-24-25-17/h2,4,7,9,11,13-14H,1,3,5-6,8,10,12H2,(H,24,25). The molecule has 0 radical (unpaired) electrons. The van der Waals surface area contributed by atoms with E-state index in [0.29, 0.717) is 25.2 Å². The number of rotatable bonds is 4. The second-order valence-electron chi connectivity index (χ2n) is 7.44. The zero-order chi connectivity index (χ0) is 19.0. The first-order valence-electron chi connectivity index (χ1n) is 9.25. The number of nitrogens with zero attached hydrogens (tertiary/aromatic N) is 3. The van der Waals surface area contributed by atoms with E-state index in [-0.39, 0.29) is 30.6 Å². The van der Waals surface area contributed by atoms with Crippen LogP contribution in [0.1, 0.15) is 48.8 Å². The molecule has 2 atom stereocenters. The molecule has 0 aromatic carbocycles. The first kappa shape index (κ1) is 17.8. The normalized spacial score (nSPS) is 24.3. The Morgan fingerprint density at radius 1 is 1.37 bits per heavy atom. The fourth-order valence-corrected chi connectivity index (χ4v) is 4.22. The van der Waals surface area contributed by atoms with Crippen molar-refractivity contribution in [3.63, 3.8) is 0 Å². The lowest BCUT2D eigenvalue weighted by atomic mass is 9.91. The van der Waals surface area contributed by atoms with Crippen LogP contribution >= 0.6 is 0 Å². The summed E-state index contributed by atoms with van der Waals surface area (Å²) in [5, 5.41) is 7.00. The molecule has 1 aliphatic carbocycles. The van der Waals surface area contributed by atoms with Crippen LogP contribution in [0.25, 0.3) is 11.3 Å². The summed E-state index contributed by atoms with van der Waals surface area (Å²) < 4.78 is 27.3. The predicted molar refractivity (Wildman–Crippen MR) is 97.5 cm³/mol. The van der Waals surface area contributed by atoms with Crippen LogP contribution in [0.2, 0.25) is 0 Å². The Morgan fingerprint density at radius 3 is 2.89 bits per heavy atom. The van der Waals surface area contributed by atoms with E-state index in [0.717, 1.165) is 23.2 Å². The third-order valence-electron chi connectivity index (χ3n) is 5.68. The predicted octanol–water partition coefficient (Wildman–Crippen LogP) is 3.88. The minimum absolute atomic E-state index is 0.0710. The van der Waals surface area contributed by atoms with Crippen LogP contribution in [0.5, 0.6) is 0 Å². The molecule has 4 rings (SSSR count). The highest BCUT2D eigenvalue weighted by molar-refractivity contribution is 5.87. The summed E-state index contributed by atoms with van der Waals surface area (Å²) in [6, 6.07) is 3.79. The molecule has 0 bridgehead atoms. The van der Waals surface area contributed by atoms with Gasteiger partial charge in [-0.25, -0.2) is 8.78 Å². The number of aromatic amines is 1. The number of nitrogens with one attached hydrogen (secondary N) is 1. The number of alkyl halides is 2. The summed E-state index contributed by atoms with van der Waals surface area (Å²) in [5.74, 6) is -2.74. The van der Waals surface area contributed by atoms with Gasteiger partial charge < -0.3 is 4.90 Å². The van der Waals surface area contributed by atoms with Gasteiger partial charge in [-0.15, -0.1) is 0 Å². The van der Waals surface area contributed by atoms with Crippen molar-refractivity contribution in [2.45, 2.75) is 43.4 Å². The average molecular weight is 372 g/mol. The van der Waals surface area contributed by atoms with E-state index in [1.165, 1.54) is 6.08 Å². The number of hydrogen-bond acceptors (Lipinski definition) is 3. The van der Waals surface area contributed by atoms with E-state index < -0.39 is 5.92 Å². The van der Waals surface area contributed by atoms with E-state index in [1.54, 1.807) is 17.3 Å². The number of H-pyrrole nitrogens is 1. The lowest BCUT2D eigenvalue weighted by Gasteiger charge is -2.18. The number of hydrogen-bond donors (Lipinski definition) is 1. The Balaban J connectivity index is 1.66. The van der Waals surface area contributed by atoms with Crippen LogP contribution in [-0.4, -0.2) is 45.0 Å². The molecular weight excluding hydrogens is 350 g/mol. The summed E-state index contributed by atoms with van der Waals surface area (Å²) in [4.78, 5) is 18.2. The number of carbonyl (C=O) groups is 1. The van der Waals surface area contributed by atoms with Crippen molar-refractivity contribution >= 4 is 5.91 Å². The zero-order valence-corrected chi connectivity index (χ0v) is 15.0. The maximum atomic E-state index is 13.6. The van der Waals surface area contributed by atoms with Gasteiger partial charge in [0.1, 0.15) is 0 Å². The first-order chi connectivity index (χ1) is 13.0. The number of carbonyl (C=O) groups excluding carboxylic acids is 1. The van der Waals surface area contributed by atoms with Crippen molar-refractivity contribution in [2.24, 2.45) is 0 Å². The SMILES string of the molecule is C=CC(=O)N1CCC(c2cnc(C3CCC(F)(F)C3)cc2-c2ccn[nH]2)C1. The second-order valence-corrected chi connectivity index (χ2v) is 7.44. The highest BCUT2D eigenvalue weighted by Crippen LogP contribution is 2.45. The lowest BCUT2D eigenvalue weighted by molar-refractivity contribution is -0.125. The number of likely N-dealkylation sites (tertiary alicyclic amines) is 1. The molecule has 7 heteroatoms. The number of pyridine rings is 1. The molecule has 2 aromatic heterocycles. The summed E-state index contributed by atoms with van der Waals surface area (Å²) in [6.07, 6.45) is 5.87. The molecular formula is C20H22F2N4O. The van der Waals surface area contributed by atoms with Gasteiger partial charge in [0.25, 0.3) is 0 Å². The van der Waals surface area contributed by atoms with Gasteiger partial charge in [0.2, 0.25) is 11.8 Å². The Bertz CT molecular complexity index is 850. The number of halogens is 2. The van der Waals surface area contributed by atoms with Gasteiger partial charge in [-0.1, -0.05) is 6.58 Å². The van der Waals surface area contributed by atoms with Gasteiger partial charge >= 0.3 is 0 Å². The lowest BCUT2D eigenvalue weighted by Crippen LogP contribution is -2.26. The largest absolute Gasteiger partial charge is 0.339 e. The van der Waals surface area contributed by atoms with Crippen molar-refractivity contribution in [2.75, 3.05) is 13.1 Å². The van der Waals surface area contributed by atoms with Gasteiger partial charge in [0.05, 0.1) is 5.69 Å². The molecule has 1 amide bonds. The summed E-state index contributed by atoms with van der Waals surface area (Å²) in [5.41, 5.74) is 3.50. The quantitative estimate of drug-likeness (QED) is 0.829. The smallest absolute Gasteiger partial charge is 0.248 e. The van der Waals surface area contributed by atoms with Crippen molar-refractivity contribution < 1.29 is 13.6 Å². The van der Waals surface area contributed by atoms with Crippen molar-refractivity contribution in [3.05, 3.63) is 48.4 Å². The van der Waals surface area contributed by atoms with E-state index in [9.17, 15) is 13.6 Å². The molecule has 142 valence electrons. The van der Waals surface area contributed by atoms with Crippen LogP contribution in [0.15, 0.2) is 37.2 Å². The van der Waals surface area contributed by atoms with Gasteiger partial charge in [-0.2, -0.15) is 5.10 Å². The molecule has 1 saturated heterocycles. The molecule has 27 heavy (non-hydrogen) atoms. The third-order valence-corrected chi connectivity index (χ3v) is 5.68. The Morgan fingerprint density at radius 2 is 2.22 bits per heavy atom. The highest BCUT2D eigenvalue weighted by atomic mass is 19.3. The summed E-state index contributed by atoms with van der Waals surface area (Å²) in [6.45, 7) is 4.83. The van der Waals surface area contributed by atoms with Crippen molar-refractivity contribution in [3.8, 4) is 11.3 Å². The van der Waals surface area contributed by atoms with Crippen molar-refractivity contribution in [1.29, 1.82) is 0 Å². The molecule has 2 aromatic rings. The second kappa shape index (κ2) is 6.87. The fraction of sp³-hybridized carbons (Fsp3) is 0.450. The Kier molecular flexibility index (Phi) is 4.53. The maximum Gasteiger partial charge on any atom is 0.248 e. The molecule has 3 heterocycles. The minimum atomic E-state index is -2.60. The van der Waals surface area contributed by atoms with Gasteiger partial charge in [0.15, 0.2) is 0 Å². The van der Waals surface area contributed by atoms with Gasteiger partial charge in [0, 0.05) is 61.4 Å². The molecule has 2 fully saturated rings. The molecule has 1 saturated carbocycles. The molecule has 1 N–H and O–H groups in total. The summed E-state index contributed by atoms with van der Waals surface area (Å²) >= 11 is 0. The van der Waals surface area contributed by atoms with E-state index in [4.69, 9.17) is 0 Å². The third kappa shape index (κ3) is 3.50. The van der Waals surface area contributed by atoms with Crippen LogP contribution in [0, 0.1) is 0 Å². The molecule has 1 aliphatic heterocycles. The van der Waals surface area contributed by atoms with Crippen molar-refractivity contribution in [1.82, 2.24) is 20.1 Å². The maximum absolute atomic E-state index is 13.6. The molecule has 5 nitrogen and oxygen atoms in total. The topological polar surface area (TPSA) is 61.9 Å². The first-order valence-corrected chi connectivity index (χ1v) is 9.25. The van der Waals surface area contributed by atoms with Gasteiger partial charge in [-0.3, -0.25) is 14.9 Å². The fourth-order valence-electron chi connectivity index (χ4n) is 4.22. The van der Waals surface area contributed by atoms with E-state index >= 15 is 0 Å².